The molecule has 128 valence electrons. The number of rotatable bonds is 2. The van der Waals surface area contributed by atoms with Gasteiger partial charge in [-0.05, 0) is 43.4 Å². The zero-order valence-corrected chi connectivity index (χ0v) is 14.6. The normalized spacial score (nSPS) is 23.7. The maximum atomic E-state index is 10.8. The lowest BCUT2D eigenvalue weighted by Gasteiger charge is -2.36. The van der Waals surface area contributed by atoms with Crippen LogP contribution in [0.1, 0.15) is 39.2 Å². The van der Waals surface area contributed by atoms with Crippen molar-refractivity contribution in [2.24, 2.45) is 10.8 Å². The van der Waals surface area contributed by atoms with Gasteiger partial charge in [0.25, 0.3) is 5.70 Å². The van der Waals surface area contributed by atoms with E-state index in [0.29, 0.717) is 12.3 Å². The molecule has 1 aliphatic carbocycles. The molecule has 1 heterocycles. The summed E-state index contributed by atoms with van der Waals surface area (Å²) in [7, 11) is 0. The van der Waals surface area contributed by atoms with Gasteiger partial charge in [-0.1, -0.05) is 44.2 Å². The van der Waals surface area contributed by atoms with Gasteiger partial charge < -0.3 is 4.74 Å². The van der Waals surface area contributed by atoms with Gasteiger partial charge in [0.2, 0.25) is 0 Å². The predicted molar refractivity (Wildman–Crippen MR) is 97.4 cm³/mol. The van der Waals surface area contributed by atoms with Gasteiger partial charge in [0.05, 0.1) is 10.3 Å². The van der Waals surface area contributed by atoms with Crippen LogP contribution in [0.3, 0.4) is 0 Å². The third-order valence-corrected chi connectivity index (χ3v) is 4.48. The predicted octanol–water partition coefficient (Wildman–Crippen LogP) is 5.25. The second-order valence-corrected chi connectivity index (χ2v) is 7.26. The van der Waals surface area contributed by atoms with E-state index in [-0.39, 0.29) is 10.3 Å². The molecule has 1 aliphatic heterocycles. The SMILES string of the molecule is C1=Cc2ccccc2OC1.C=CC1(C)CC(C)(C)CC=C1[N+](=O)[O-]. The van der Waals surface area contributed by atoms with E-state index < -0.39 is 5.41 Å². The number of nitro groups is 1. The maximum Gasteiger partial charge on any atom is 0.251 e. The number of para-hydroxylation sites is 1. The molecule has 0 radical (unpaired) electrons. The zero-order chi connectivity index (χ0) is 17.8. The van der Waals surface area contributed by atoms with Crippen LogP contribution in [-0.2, 0) is 0 Å². The van der Waals surface area contributed by atoms with Crippen LogP contribution in [-0.4, -0.2) is 11.5 Å². The van der Waals surface area contributed by atoms with Crippen molar-refractivity contribution >= 4 is 6.08 Å². The summed E-state index contributed by atoms with van der Waals surface area (Å²) in [5.41, 5.74) is 1.12. The fourth-order valence-electron chi connectivity index (χ4n) is 3.29. The Morgan fingerprint density at radius 3 is 2.62 bits per heavy atom. The average Bonchev–Trinajstić information content (AvgIpc) is 2.54. The molecule has 0 spiro atoms. The van der Waals surface area contributed by atoms with Crippen LogP contribution < -0.4 is 4.74 Å². The highest BCUT2D eigenvalue weighted by Gasteiger charge is 2.43. The first kappa shape index (κ1) is 18.0. The van der Waals surface area contributed by atoms with E-state index in [9.17, 15) is 10.1 Å². The number of nitrogens with zero attached hydrogens (tertiary/aromatic N) is 1. The molecule has 4 heteroatoms. The van der Waals surface area contributed by atoms with E-state index in [1.807, 2.05) is 37.3 Å². The minimum Gasteiger partial charge on any atom is -0.489 e. The Balaban J connectivity index is 0.000000182. The second kappa shape index (κ2) is 7.04. The van der Waals surface area contributed by atoms with Gasteiger partial charge in [-0.2, -0.15) is 0 Å². The van der Waals surface area contributed by atoms with Crippen LogP contribution in [0, 0.1) is 20.9 Å². The largest absolute Gasteiger partial charge is 0.489 e. The molecule has 2 aliphatic rings. The topological polar surface area (TPSA) is 52.4 Å². The lowest BCUT2D eigenvalue weighted by molar-refractivity contribution is -0.440. The van der Waals surface area contributed by atoms with Crippen molar-refractivity contribution in [2.45, 2.75) is 33.6 Å². The van der Waals surface area contributed by atoms with Crippen molar-refractivity contribution in [1.29, 1.82) is 0 Å². The Bertz CT molecular complexity index is 688. The van der Waals surface area contributed by atoms with Gasteiger partial charge in [0.1, 0.15) is 12.4 Å². The molecular formula is C20H25NO3. The van der Waals surface area contributed by atoms with Crippen molar-refractivity contribution in [2.75, 3.05) is 6.61 Å². The molecule has 3 rings (SSSR count). The maximum absolute atomic E-state index is 10.8. The molecule has 4 nitrogen and oxygen atoms in total. The summed E-state index contributed by atoms with van der Waals surface area (Å²) in [6.45, 7) is 10.6. The van der Waals surface area contributed by atoms with E-state index in [0.717, 1.165) is 18.6 Å². The van der Waals surface area contributed by atoms with E-state index >= 15 is 0 Å². The Morgan fingerprint density at radius 2 is 2.00 bits per heavy atom. The summed E-state index contributed by atoms with van der Waals surface area (Å²) in [6.07, 6.45) is 9.10. The van der Waals surface area contributed by atoms with Gasteiger partial charge in [0, 0.05) is 5.56 Å². The van der Waals surface area contributed by atoms with Crippen molar-refractivity contribution in [1.82, 2.24) is 0 Å². The standard InChI is InChI=1S/C11H17NO2.C9H8O/c1-5-11(4)8-10(2,3)7-6-9(11)12(13)14;1-2-6-9-8(4-1)5-3-7-10-9/h5-6H,1,7-8H2,2-4H3;1-6H,7H2. The minimum absolute atomic E-state index is 0.127. The van der Waals surface area contributed by atoms with Crippen molar-refractivity contribution in [3.8, 4) is 5.75 Å². The molecule has 0 saturated carbocycles. The van der Waals surface area contributed by atoms with Crippen LogP contribution in [0.5, 0.6) is 5.75 Å². The van der Waals surface area contributed by atoms with Crippen molar-refractivity contribution < 1.29 is 9.66 Å². The molecular weight excluding hydrogens is 302 g/mol. The molecule has 1 aromatic carbocycles. The summed E-state index contributed by atoms with van der Waals surface area (Å²) in [5, 5.41) is 10.8. The fraction of sp³-hybridized carbons (Fsp3) is 0.400. The van der Waals surface area contributed by atoms with Gasteiger partial charge >= 0.3 is 0 Å². The zero-order valence-electron chi connectivity index (χ0n) is 14.6. The summed E-state index contributed by atoms with van der Waals surface area (Å²) in [4.78, 5) is 10.5. The Morgan fingerprint density at radius 1 is 1.29 bits per heavy atom. The van der Waals surface area contributed by atoms with Gasteiger partial charge in [-0.15, -0.1) is 6.58 Å². The number of fused-ring (bicyclic) bond motifs is 1. The molecule has 24 heavy (non-hydrogen) atoms. The Kier molecular flexibility index (Phi) is 5.27. The van der Waals surface area contributed by atoms with Crippen molar-refractivity contribution in [3.05, 3.63) is 70.4 Å². The highest BCUT2D eigenvalue weighted by Crippen LogP contribution is 2.46. The van der Waals surface area contributed by atoms with Crippen LogP contribution >= 0.6 is 0 Å². The first-order chi connectivity index (χ1) is 11.3. The quantitative estimate of drug-likeness (QED) is 0.423. The highest BCUT2D eigenvalue weighted by atomic mass is 16.6. The summed E-state index contributed by atoms with van der Waals surface area (Å²) >= 11 is 0. The van der Waals surface area contributed by atoms with Crippen LogP contribution in [0.25, 0.3) is 6.08 Å². The second-order valence-electron chi connectivity index (χ2n) is 7.26. The number of benzene rings is 1. The molecule has 0 amide bonds. The van der Waals surface area contributed by atoms with Gasteiger partial charge in [-0.3, -0.25) is 10.1 Å². The number of ether oxygens (including phenoxy) is 1. The summed E-state index contributed by atoms with van der Waals surface area (Å²) in [5.74, 6) is 0.991. The van der Waals surface area contributed by atoms with Gasteiger partial charge in [0.15, 0.2) is 0 Å². The van der Waals surface area contributed by atoms with E-state index in [2.05, 4.69) is 26.5 Å². The summed E-state index contributed by atoms with van der Waals surface area (Å²) < 4.78 is 5.34. The van der Waals surface area contributed by atoms with Crippen LogP contribution in [0.4, 0.5) is 0 Å². The average molecular weight is 327 g/mol. The first-order valence-corrected chi connectivity index (χ1v) is 8.14. The Hall–Kier alpha value is -2.36. The van der Waals surface area contributed by atoms with E-state index in [1.54, 1.807) is 12.2 Å². The summed E-state index contributed by atoms with van der Waals surface area (Å²) in [6, 6.07) is 8.03. The highest BCUT2D eigenvalue weighted by molar-refractivity contribution is 5.58. The third-order valence-electron chi connectivity index (χ3n) is 4.48. The molecule has 0 N–H and O–H groups in total. The van der Waals surface area contributed by atoms with Crippen LogP contribution in [0.15, 0.2) is 54.8 Å². The van der Waals surface area contributed by atoms with Crippen molar-refractivity contribution in [3.63, 3.8) is 0 Å². The van der Waals surface area contributed by atoms with E-state index in [4.69, 9.17) is 4.74 Å². The van der Waals surface area contributed by atoms with Gasteiger partial charge in [-0.25, -0.2) is 0 Å². The molecule has 0 aromatic heterocycles. The molecule has 0 saturated heterocycles. The van der Waals surface area contributed by atoms with E-state index in [1.165, 1.54) is 5.56 Å². The Labute approximate surface area is 143 Å². The molecule has 0 fully saturated rings. The smallest absolute Gasteiger partial charge is 0.251 e. The fourth-order valence-corrected chi connectivity index (χ4v) is 3.29. The lowest BCUT2D eigenvalue weighted by atomic mass is 9.66. The van der Waals surface area contributed by atoms with Crippen LogP contribution in [0.2, 0.25) is 0 Å². The molecule has 1 atom stereocenters. The monoisotopic (exact) mass is 327 g/mol. The molecule has 1 unspecified atom stereocenters. The number of hydrogen-bond donors (Lipinski definition) is 0. The first-order valence-electron chi connectivity index (χ1n) is 8.14. The molecule has 0 bridgehead atoms. The number of hydrogen-bond acceptors (Lipinski definition) is 3. The minimum atomic E-state index is -0.481. The lowest BCUT2D eigenvalue weighted by Crippen LogP contribution is -2.32. The molecule has 1 aromatic rings. The third kappa shape index (κ3) is 4.13. The number of allylic oxidation sites excluding steroid dienone is 2.